The quantitative estimate of drug-likeness (QED) is 0.691. The van der Waals surface area contributed by atoms with Crippen LogP contribution >= 0.6 is 0 Å². The molecule has 1 unspecified atom stereocenters. The summed E-state index contributed by atoms with van der Waals surface area (Å²) in [4.78, 5) is 17.3. The van der Waals surface area contributed by atoms with Gasteiger partial charge in [-0.2, -0.15) is 0 Å². The van der Waals surface area contributed by atoms with Gasteiger partial charge < -0.3 is 4.98 Å². The highest BCUT2D eigenvalue weighted by Crippen LogP contribution is 2.36. The Bertz CT molecular complexity index is 1030. The van der Waals surface area contributed by atoms with Crippen molar-refractivity contribution >= 4 is 17.5 Å². The number of nitrogens with zero attached hydrogens (tertiary/aromatic N) is 4. The van der Waals surface area contributed by atoms with Crippen molar-refractivity contribution in [2.24, 2.45) is 9.98 Å². The number of fused-ring (bicyclic) bond motifs is 3. The van der Waals surface area contributed by atoms with E-state index in [1.807, 2.05) is 11.1 Å². The highest BCUT2D eigenvalue weighted by molar-refractivity contribution is 6.04. The first-order valence-electron chi connectivity index (χ1n) is 9.74. The highest BCUT2D eigenvalue weighted by atomic mass is 15.6. The summed E-state index contributed by atoms with van der Waals surface area (Å²) in [5.41, 5.74) is 7.82. The molecule has 6 nitrogen and oxygen atoms in total. The van der Waals surface area contributed by atoms with Crippen molar-refractivity contribution in [3.05, 3.63) is 72.2 Å². The van der Waals surface area contributed by atoms with E-state index in [0.29, 0.717) is 5.82 Å². The van der Waals surface area contributed by atoms with Gasteiger partial charge in [-0.3, -0.25) is 5.43 Å². The Morgan fingerprint density at radius 3 is 2.50 bits per heavy atom. The minimum Gasteiger partial charge on any atom is -0.343 e. The van der Waals surface area contributed by atoms with Crippen molar-refractivity contribution in [2.75, 3.05) is 0 Å². The molecule has 0 radical (unpaired) electrons. The van der Waals surface area contributed by atoms with E-state index >= 15 is 0 Å². The molecule has 1 atom stereocenters. The number of aromatic amines is 1. The molecule has 0 saturated carbocycles. The van der Waals surface area contributed by atoms with Gasteiger partial charge in [0, 0.05) is 12.0 Å². The summed E-state index contributed by atoms with van der Waals surface area (Å²) in [6.07, 6.45) is 4.73. The first-order chi connectivity index (χ1) is 13.8. The summed E-state index contributed by atoms with van der Waals surface area (Å²) in [6, 6.07) is 18.9. The van der Waals surface area contributed by atoms with Crippen LogP contribution in [0.4, 0.5) is 5.82 Å². The number of hydrogen-bond donors (Lipinski definition) is 2. The summed E-state index contributed by atoms with van der Waals surface area (Å²) < 4.78 is 0. The zero-order valence-corrected chi connectivity index (χ0v) is 15.8. The monoisotopic (exact) mass is 370 g/mol. The lowest BCUT2D eigenvalue weighted by Gasteiger charge is -2.29. The second kappa shape index (κ2) is 6.96. The van der Waals surface area contributed by atoms with Crippen molar-refractivity contribution in [2.45, 2.75) is 32.4 Å². The molecule has 1 aromatic heterocycles. The van der Waals surface area contributed by atoms with Crippen molar-refractivity contribution in [3.63, 3.8) is 0 Å². The van der Waals surface area contributed by atoms with E-state index in [0.717, 1.165) is 42.2 Å². The van der Waals surface area contributed by atoms with Crippen LogP contribution in [0.1, 0.15) is 43.6 Å². The maximum Gasteiger partial charge on any atom is 0.187 e. The molecule has 0 spiro atoms. The van der Waals surface area contributed by atoms with Gasteiger partial charge in [0.1, 0.15) is 11.5 Å². The smallest absolute Gasteiger partial charge is 0.187 e. The lowest BCUT2D eigenvalue weighted by molar-refractivity contribution is 0.310. The van der Waals surface area contributed by atoms with E-state index in [9.17, 15) is 0 Å². The number of hydrazine groups is 1. The third-order valence-corrected chi connectivity index (χ3v) is 5.14. The molecule has 2 N–H and O–H groups in total. The Labute approximate surface area is 164 Å². The normalized spacial score (nSPS) is 17.5. The first kappa shape index (κ1) is 16.7. The summed E-state index contributed by atoms with van der Waals surface area (Å²) in [6.45, 7) is 2.19. The number of amidine groups is 2. The molecule has 140 valence electrons. The molecule has 6 heteroatoms. The van der Waals surface area contributed by atoms with Gasteiger partial charge in [-0.05, 0) is 17.5 Å². The minimum atomic E-state index is -0.148. The fraction of sp³-hybridized carbons (Fsp3) is 0.227. The van der Waals surface area contributed by atoms with Crippen molar-refractivity contribution in [1.29, 1.82) is 0 Å². The zero-order chi connectivity index (χ0) is 18.9. The van der Waals surface area contributed by atoms with Gasteiger partial charge in [-0.25, -0.2) is 20.0 Å². The Hall–Kier alpha value is -3.41. The van der Waals surface area contributed by atoms with Crippen LogP contribution in [0.3, 0.4) is 0 Å². The third-order valence-electron chi connectivity index (χ3n) is 5.14. The zero-order valence-electron chi connectivity index (χ0n) is 15.8. The van der Waals surface area contributed by atoms with Crippen LogP contribution in [0.15, 0.2) is 70.9 Å². The van der Waals surface area contributed by atoms with Gasteiger partial charge in [-0.1, -0.05) is 67.9 Å². The van der Waals surface area contributed by atoms with E-state index in [2.05, 4.69) is 70.8 Å². The number of rotatable bonds is 5. The van der Waals surface area contributed by atoms with Gasteiger partial charge in [-0.15, -0.1) is 0 Å². The largest absolute Gasteiger partial charge is 0.343 e. The molecule has 3 aromatic rings. The van der Waals surface area contributed by atoms with Gasteiger partial charge >= 0.3 is 0 Å². The minimum absolute atomic E-state index is 0.148. The first-order valence-corrected chi connectivity index (χ1v) is 9.74. The second-order valence-corrected chi connectivity index (χ2v) is 7.05. The maximum absolute atomic E-state index is 4.88. The number of imidazole rings is 1. The van der Waals surface area contributed by atoms with Gasteiger partial charge in [0.2, 0.25) is 0 Å². The molecule has 28 heavy (non-hydrogen) atoms. The molecule has 2 aromatic carbocycles. The number of nitrogens with one attached hydrogen (secondary N) is 2. The molecule has 0 saturated heterocycles. The lowest BCUT2D eigenvalue weighted by Crippen LogP contribution is -2.44. The van der Waals surface area contributed by atoms with E-state index in [1.54, 1.807) is 6.33 Å². The van der Waals surface area contributed by atoms with Crippen LogP contribution in [0.25, 0.3) is 11.1 Å². The molecule has 0 amide bonds. The molecule has 0 fully saturated rings. The highest BCUT2D eigenvalue weighted by Gasteiger charge is 2.37. The summed E-state index contributed by atoms with van der Waals surface area (Å²) in [5, 5.41) is 2.04. The maximum atomic E-state index is 4.88. The SMILES string of the molecule is CCCCC1=NC2c3[nH]cnc3N=C(c3ccc(-c4ccccc4)cc3)N2N1. The molecular weight excluding hydrogens is 348 g/mol. The molecule has 5 rings (SSSR count). The van der Waals surface area contributed by atoms with E-state index in [4.69, 9.17) is 9.98 Å². The predicted octanol–water partition coefficient (Wildman–Crippen LogP) is 4.58. The van der Waals surface area contributed by atoms with Crippen LogP contribution in [0.5, 0.6) is 0 Å². The molecule has 0 aliphatic carbocycles. The Kier molecular flexibility index (Phi) is 4.16. The van der Waals surface area contributed by atoms with Crippen molar-refractivity contribution < 1.29 is 0 Å². The van der Waals surface area contributed by atoms with E-state index in [-0.39, 0.29) is 6.17 Å². The average molecular weight is 370 g/mol. The lowest BCUT2D eigenvalue weighted by atomic mass is 10.0. The number of aliphatic imine (C=N–C) groups is 2. The number of aromatic nitrogens is 2. The fourth-order valence-corrected chi connectivity index (χ4v) is 3.64. The molecule has 0 bridgehead atoms. The number of H-pyrrole nitrogens is 1. The standard InChI is InChI=1S/C22H22N6/c1-2-3-9-18-25-22-19-20(24-14-23-19)26-21(28(22)27-18)17-12-10-16(11-13-17)15-7-5-4-6-8-15/h4-8,10-14,22H,2-3,9H2,1H3,(H,23,24)(H,25,27). The number of unbranched alkanes of at least 4 members (excludes halogenated alkanes) is 1. The van der Waals surface area contributed by atoms with Gasteiger partial charge in [0.15, 0.2) is 17.8 Å². The Balaban J connectivity index is 1.48. The summed E-state index contributed by atoms with van der Waals surface area (Å²) >= 11 is 0. The fourth-order valence-electron chi connectivity index (χ4n) is 3.64. The van der Waals surface area contributed by atoms with E-state index in [1.165, 1.54) is 11.1 Å². The van der Waals surface area contributed by atoms with Gasteiger partial charge in [0.05, 0.1) is 6.33 Å². The molecule has 3 heterocycles. The van der Waals surface area contributed by atoms with Crippen LogP contribution in [-0.4, -0.2) is 26.6 Å². The van der Waals surface area contributed by atoms with E-state index < -0.39 is 0 Å². The Morgan fingerprint density at radius 1 is 0.964 bits per heavy atom. The van der Waals surface area contributed by atoms with Crippen LogP contribution in [-0.2, 0) is 0 Å². The summed E-state index contributed by atoms with van der Waals surface area (Å²) in [5.74, 6) is 2.56. The molecule has 2 aliphatic heterocycles. The van der Waals surface area contributed by atoms with Crippen LogP contribution in [0, 0.1) is 0 Å². The average Bonchev–Trinajstić information content (AvgIpc) is 3.39. The molecule has 2 aliphatic rings. The van der Waals surface area contributed by atoms with Crippen LogP contribution in [0.2, 0.25) is 0 Å². The molecular formula is C22H22N6. The van der Waals surface area contributed by atoms with Crippen molar-refractivity contribution in [1.82, 2.24) is 20.4 Å². The topological polar surface area (TPSA) is 68.7 Å². The third kappa shape index (κ3) is 2.87. The second-order valence-electron chi connectivity index (χ2n) is 7.05. The predicted molar refractivity (Wildman–Crippen MR) is 111 cm³/mol. The number of benzene rings is 2. The van der Waals surface area contributed by atoms with Crippen LogP contribution < -0.4 is 5.43 Å². The van der Waals surface area contributed by atoms with Crippen molar-refractivity contribution in [3.8, 4) is 11.1 Å². The Morgan fingerprint density at radius 2 is 1.71 bits per heavy atom. The van der Waals surface area contributed by atoms with Gasteiger partial charge in [0.25, 0.3) is 0 Å². The number of hydrogen-bond acceptors (Lipinski definition) is 5. The summed E-state index contributed by atoms with van der Waals surface area (Å²) in [7, 11) is 0.